The summed E-state index contributed by atoms with van der Waals surface area (Å²) in [5, 5.41) is 28.6. The largest absolute Gasteiger partial charge is 0.508 e. The van der Waals surface area contributed by atoms with Gasteiger partial charge < -0.3 is 48.3 Å². The van der Waals surface area contributed by atoms with Crippen molar-refractivity contribution in [2.24, 2.45) is 17.2 Å². The fourth-order valence-electron chi connectivity index (χ4n) is 5.02. The monoisotopic (exact) mass is 623 g/mol. The number of amides is 3. The summed E-state index contributed by atoms with van der Waals surface area (Å²) in [6.45, 7) is 0.882. The summed E-state index contributed by atoms with van der Waals surface area (Å²) in [6.07, 6.45) is 4.91. The number of aromatic nitrogens is 1. The van der Waals surface area contributed by atoms with Gasteiger partial charge in [0.25, 0.3) is 0 Å². The molecule has 1 aromatic heterocycles. The Morgan fingerprint density at radius 3 is 2.00 bits per heavy atom. The highest BCUT2D eigenvalue weighted by Gasteiger charge is 2.31. The van der Waals surface area contributed by atoms with Crippen molar-refractivity contribution >= 4 is 34.6 Å². The number of para-hydroxylation sites is 1. The average Bonchev–Trinajstić information content (AvgIpc) is 3.43. The Morgan fingerprint density at radius 1 is 0.733 bits per heavy atom. The fraction of sp³-hybridized carbons (Fsp3) is 0.438. The van der Waals surface area contributed by atoms with Gasteiger partial charge in [-0.2, -0.15) is 0 Å². The summed E-state index contributed by atoms with van der Waals surface area (Å²) in [5.41, 5.74) is 19.4. The fourth-order valence-corrected chi connectivity index (χ4v) is 5.02. The Kier molecular flexibility index (Phi) is 13.8. The highest BCUT2D eigenvalue weighted by molar-refractivity contribution is 5.94. The van der Waals surface area contributed by atoms with Crippen molar-refractivity contribution in [2.75, 3.05) is 13.1 Å². The minimum atomic E-state index is -1.29. The average molecular weight is 624 g/mol. The van der Waals surface area contributed by atoms with Gasteiger partial charge in [0, 0.05) is 29.9 Å². The molecule has 0 aliphatic carbocycles. The van der Waals surface area contributed by atoms with Crippen molar-refractivity contribution in [1.29, 1.82) is 0 Å². The standard InChI is InChI=1S/C32H45N7O6/c33-15-5-3-8-24(35)29(41)37-26(10-4-6-16-34)30(42)38-27(17-20-11-13-22(40)14-12-20)31(43)39-28(32(44)45)18-21-19-36-25-9-2-1-7-23(21)25/h1-2,7,9,11-14,19,24,26-28,36,40H,3-6,8,10,15-18,33-35H2,(H,37,41)(H,38,42)(H,39,43)(H,44,45). The number of aliphatic carboxylic acids is 1. The van der Waals surface area contributed by atoms with Crippen LogP contribution in [-0.2, 0) is 32.0 Å². The number of aromatic amines is 1. The van der Waals surface area contributed by atoms with Crippen molar-refractivity contribution in [2.45, 2.75) is 75.5 Å². The zero-order valence-corrected chi connectivity index (χ0v) is 25.3. The highest BCUT2D eigenvalue weighted by Crippen LogP contribution is 2.19. The minimum Gasteiger partial charge on any atom is -0.508 e. The number of carbonyl (C=O) groups excluding carboxylic acids is 3. The lowest BCUT2D eigenvalue weighted by molar-refractivity contribution is -0.142. The van der Waals surface area contributed by atoms with Gasteiger partial charge in [0.05, 0.1) is 6.04 Å². The van der Waals surface area contributed by atoms with Crippen LogP contribution in [0, 0.1) is 0 Å². The number of carboxylic acid groups (broad SMARTS) is 1. The van der Waals surface area contributed by atoms with Crippen molar-refractivity contribution in [3.05, 3.63) is 65.9 Å². The number of nitrogens with two attached hydrogens (primary N) is 3. The van der Waals surface area contributed by atoms with E-state index in [1.165, 1.54) is 12.1 Å². The number of phenols is 1. The maximum absolute atomic E-state index is 13.6. The van der Waals surface area contributed by atoms with E-state index in [-0.39, 0.29) is 25.0 Å². The molecule has 3 amide bonds. The van der Waals surface area contributed by atoms with E-state index in [0.29, 0.717) is 56.3 Å². The van der Waals surface area contributed by atoms with E-state index < -0.39 is 47.9 Å². The molecule has 4 unspecified atom stereocenters. The second-order valence-corrected chi connectivity index (χ2v) is 11.1. The minimum absolute atomic E-state index is 0.000648. The Bertz CT molecular complexity index is 1410. The predicted molar refractivity (Wildman–Crippen MR) is 171 cm³/mol. The lowest BCUT2D eigenvalue weighted by atomic mass is 10.0. The third-order valence-corrected chi connectivity index (χ3v) is 7.61. The van der Waals surface area contributed by atoms with Crippen LogP contribution in [-0.4, -0.2) is 76.1 Å². The molecule has 3 aromatic rings. The molecule has 2 aromatic carbocycles. The van der Waals surface area contributed by atoms with Gasteiger partial charge in [-0.25, -0.2) is 4.79 Å². The molecule has 1 heterocycles. The van der Waals surface area contributed by atoms with Crippen LogP contribution in [0.1, 0.15) is 49.7 Å². The van der Waals surface area contributed by atoms with E-state index in [9.17, 15) is 29.4 Å². The van der Waals surface area contributed by atoms with Crippen molar-refractivity contribution in [1.82, 2.24) is 20.9 Å². The lowest BCUT2D eigenvalue weighted by Gasteiger charge is -2.25. The van der Waals surface area contributed by atoms with E-state index >= 15 is 0 Å². The summed E-state index contributed by atoms with van der Waals surface area (Å²) in [5.74, 6) is -3.03. The molecule has 0 aliphatic rings. The predicted octanol–water partition coefficient (Wildman–Crippen LogP) is 0.783. The van der Waals surface area contributed by atoms with E-state index in [1.807, 2.05) is 24.3 Å². The Morgan fingerprint density at radius 2 is 1.33 bits per heavy atom. The first kappa shape index (κ1) is 35.0. The van der Waals surface area contributed by atoms with E-state index in [4.69, 9.17) is 17.2 Å². The van der Waals surface area contributed by atoms with Crippen molar-refractivity contribution in [3.8, 4) is 5.75 Å². The number of carboxylic acids is 1. The van der Waals surface area contributed by atoms with Gasteiger partial charge in [-0.1, -0.05) is 36.8 Å². The molecule has 45 heavy (non-hydrogen) atoms. The summed E-state index contributed by atoms with van der Waals surface area (Å²) >= 11 is 0. The molecule has 0 saturated heterocycles. The molecule has 0 spiro atoms. The summed E-state index contributed by atoms with van der Waals surface area (Å²) in [4.78, 5) is 55.4. The van der Waals surface area contributed by atoms with Gasteiger partial charge in [0.2, 0.25) is 17.7 Å². The Labute approximate surface area is 262 Å². The topological polar surface area (TPSA) is 239 Å². The number of fused-ring (bicyclic) bond motifs is 1. The lowest BCUT2D eigenvalue weighted by Crippen LogP contribution is -2.57. The molecule has 4 atom stereocenters. The Hall–Kier alpha value is -4.46. The normalized spacial score (nSPS) is 13.8. The van der Waals surface area contributed by atoms with E-state index in [2.05, 4.69) is 20.9 Å². The van der Waals surface area contributed by atoms with Crippen LogP contribution in [0.25, 0.3) is 10.9 Å². The highest BCUT2D eigenvalue weighted by atomic mass is 16.4. The first-order valence-corrected chi connectivity index (χ1v) is 15.3. The van der Waals surface area contributed by atoms with Crippen LogP contribution in [0.5, 0.6) is 5.75 Å². The van der Waals surface area contributed by atoms with Gasteiger partial charge in [-0.05, 0) is 74.5 Å². The van der Waals surface area contributed by atoms with Crippen LogP contribution in [0.3, 0.4) is 0 Å². The van der Waals surface area contributed by atoms with Crippen LogP contribution in [0.2, 0.25) is 0 Å². The first-order chi connectivity index (χ1) is 21.6. The van der Waals surface area contributed by atoms with Gasteiger partial charge >= 0.3 is 5.97 Å². The van der Waals surface area contributed by atoms with Crippen LogP contribution < -0.4 is 33.2 Å². The van der Waals surface area contributed by atoms with E-state index in [1.54, 1.807) is 18.3 Å². The third-order valence-electron chi connectivity index (χ3n) is 7.61. The smallest absolute Gasteiger partial charge is 0.326 e. The quantitative estimate of drug-likeness (QED) is 0.0856. The van der Waals surface area contributed by atoms with Crippen molar-refractivity contribution in [3.63, 3.8) is 0 Å². The molecule has 0 aliphatic heterocycles. The summed E-state index contributed by atoms with van der Waals surface area (Å²) in [6, 6.07) is 9.21. The summed E-state index contributed by atoms with van der Waals surface area (Å²) < 4.78 is 0. The molecule has 12 N–H and O–H groups in total. The first-order valence-electron chi connectivity index (χ1n) is 15.3. The number of benzene rings is 2. The SMILES string of the molecule is NCCCCC(N)C(=O)NC(CCCCN)C(=O)NC(Cc1ccc(O)cc1)C(=O)NC(Cc1c[nH]c2ccccc12)C(=O)O. The molecule has 0 fully saturated rings. The van der Waals surface area contributed by atoms with Gasteiger partial charge in [-0.15, -0.1) is 0 Å². The number of carbonyl (C=O) groups is 4. The molecular formula is C32H45N7O6. The molecule has 3 rings (SSSR count). The zero-order valence-electron chi connectivity index (χ0n) is 25.3. The summed E-state index contributed by atoms with van der Waals surface area (Å²) in [7, 11) is 0. The number of aromatic hydroxyl groups is 1. The molecule has 0 saturated carbocycles. The zero-order chi connectivity index (χ0) is 32.8. The number of phenolic OH excluding ortho intramolecular Hbond substituents is 1. The molecule has 0 radical (unpaired) electrons. The number of hydrogen-bond acceptors (Lipinski definition) is 8. The van der Waals surface area contributed by atoms with E-state index in [0.717, 1.165) is 10.9 Å². The number of unbranched alkanes of at least 4 members (excludes halogenated alkanes) is 2. The molecule has 244 valence electrons. The van der Waals surface area contributed by atoms with Gasteiger partial charge in [0.15, 0.2) is 0 Å². The van der Waals surface area contributed by atoms with Gasteiger partial charge in [-0.3, -0.25) is 14.4 Å². The molecule has 13 heteroatoms. The molecule has 0 bridgehead atoms. The molecule has 13 nitrogen and oxygen atoms in total. The number of nitrogens with one attached hydrogen (secondary N) is 4. The second-order valence-electron chi connectivity index (χ2n) is 11.1. The van der Waals surface area contributed by atoms with Crippen LogP contribution in [0.4, 0.5) is 0 Å². The van der Waals surface area contributed by atoms with Crippen LogP contribution >= 0.6 is 0 Å². The number of rotatable bonds is 19. The number of H-pyrrole nitrogens is 1. The molecular weight excluding hydrogens is 578 g/mol. The third kappa shape index (κ3) is 10.9. The number of hydrogen-bond donors (Lipinski definition) is 9. The van der Waals surface area contributed by atoms with Crippen molar-refractivity contribution < 1.29 is 29.4 Å². The second kappa shape index (κ2) is 17.7. The van der Waals surface area contributed by atoms with Crippen LogP contribution in [0.15, 0.2) is 54.7 Å². The van der Waals surface area contributed by atoms with Gasteiger partial charge in [0.1, 0.15) is 23.9 Å². The maximum atomic E-state index is 13.6. The Balaban J connectivity index is 1.80. The maximum Gasteiger partial charge on any atom is 0.326 e.